The molecular weight excluding hydrogens is 358 g/mol. The van der Waals surface area contributed by atoms with E-state index >= 15 is 0 Å². The number of anilines is 3. The fraction of sp³-hybridized carbons (Fsp3) is 0.0769. The van der Waals surface area contributed by atoms with Crippen molar-refractivity contribution in [1.82, 2.24) is 0 Å². The lowest BCUT2D eigenvalue weighted by molar-refractivity contribution is 0.412. The Balaban J connectivity index is 2.30. The second-order valence-corrected chi connectivity index (χ2v) is 6.68. The number of nitrogens with one attached hydrogen (secondary N) is 1. The van der Waals surface area contributed by atoms with Gasteiger partial charge in [0.2, 0.25) is 10.0 Å². The van der Waals surface area contributed by atoms with Gasteiger partial charge in [0.25, 0.3) is 0 Å². The number of sulfonamides is 1. The van der Waals surface area contributed by atoms with Gasteiger partial charge >= 0.3 is 0 Å². The number of ether oxygens (including phenoxy) is 1. The van der Waals surface area contributed by atoms with E-state index in [1.54, 1.807) is 19.2 Å². The molecule has 0 atom stereocenters. The van der Waals surface area contributed by atoms with Crippen LogP contribution >= 0.6 is 15.9 Å². The zero-order chi connectivity index (χ0) is 15.6. The van der Waals surface area contributed by atoms with E-state index in [9.17, 15) is 8.42 Å². The summed E-state index contributed by atoms with van der Waals surface area (Å²) >= 11 is 3.38. The van der Waals surface area contributed by atoms with Crippen LogP contribution in [0.15, 0.2) is 45.8 Å². The second kappa shape index (κ2) is 5.92. The zero-order valence-corrected chi connectivity index (χ0v) is 13.5. The second-order valence-electron chi connectivity index (χ2n) is 4.27. The molecule has 2 rings (SSSR count). The maximum absolute atomic E-state index is 11.3. The average Bonchev–Trinajstić information content (AvgIpc) is 2.40. The van der Waals surface area contributed by atoms with Gasteiger partial charge in [0.15, 0.2) is 0 Å². The highest BCUT2D eigenvalue weighted by molar-refractivity contribution is 9.10. The largest absolute Gasteiger partial charge is 0.496 e. The van der Waals surface area contributed by atoms with E-state index in [0.29, 0.717) is 11.4 Å². The Morgan fingerprint density at radius 3 is 2.43 bits per heavy atom. The predicted molar refractivity (Wildman–Crippen MR) is 86.2 cm³/mol. The van der Waals surface area contributed by atoms with Gasteiger partial charge in [-0.1, -0.05) is 0 Å². The van der Waals surface area contributed by atoms with Gasteiger partial charge in [-0.25, -0.2) is 13.6 Å². The Labute approximate surface area is 131 Å². The Kier molecular flexibility index (Phi) is 4.40. The van der Waals surface area contributed by atoms with Crippen LogP contribution in [0.3, 0.4) is 0 Å². The van der Waals surface area contributed by atoms with Crippen molar-refractivity contribution in [2.24, 2.45) is 5.14 Å². The molecule has 0 saturated carbocycles. The summed E-state index contributed by atoms with van der Waals surface area (Å²) in [5.41, 5.74) is 7.49. The van der Waals surface area contributed by atoms with Crippen molar-refractivity contribution >= 4 is 43.0 Å². The molecule has 0 fully saturated rings. The molecule has 0 spiro atoms. The monoisotopic (exact) mass is 371 g/mol. The number of benzene rings is 2. The summed E-state index contributed by atoms with van der Waals surface area (Å²) in [7, 11) is -2.18. The zero-order valence-electron chi connectivity index (χ0n) is 11.1. The molecule has 0 aliphatic carbocycles. The van der Waals surface area contributed by atoms with Gasteiger partial charge in [0.1, 0.15) is 5.75 Å². The van der Waals surface area contributed by atoms with E-state index in [1.165, 1.54) is 12.1 Å². The van der Waals surface area contributed by atoms with Gasteiger partial charge < -0.3 is 15.8 Å². The fourth-order valence-electron chi connectivity index (χ4n) is 1.73. The normalized spacial score (nSPS) is 11.2. The van der Waals surface area contributed by atoms with Crippen molar-refractivity contribution < 1.29 is 13.2 Å². The van der Waals surface area contributed by atoms with E-state index < -0.39 is 10.0 Å². The average molecular weight is 372 g/mol. The first kappa shape index (κ1) is 15.6. The number of nitrogen functional groups attached to an aromatic ring is 1. The van der Waals surface area contributed by atoms with E-state index in [0.717, 1.165) is 10.2 Å². The molecule has 0 amide bonds. The third-order valence-corrected chi connectivity index (χ3v) is 4.31. The molecule has 21 heavy (non-hydrogen) atoms. The Morgan fingerprint density at radius 1 is 1.19 bits per heavy atom. The third kappa shape index (κ3) is 3.66. The van der Waals surface area contributed by atoms with E-state index in [2.05, 4.69) is 21.2 Å². The van der Waals surface area contributed by atoms with Crippen LogP contribution in [-0.4, -0.2) is 15.5 Å². The summed E-state index contributed by atoms with van der Waals surface area (Å²) in [5, 5.41) is 8.15. The summed E-state index contributed by atoms with van der Waals surface area (Å²) in [6.07, 6.45) is 0. The summed E-state index contributed by atoms with van der Waals surface area (Å²) in [6, 6.07) is 9.71. The molecule has 0 aliphatic rings. The van der Waals surface area contributed by atoms with E-state index in [4.69, 9.17) is 15.6 Å². The topological polar surface area (TPSA) is 107 Å². The van der Waals surface area contributed by atoms with Crippen molar-refractivity contribution in [3.8, 4) is 5.75 Å². The summed E-state index contributed by atoms with van der Waals surface area (Å²) in [5.74, 6) is 0.707. The number of halogens is 1. The van der Waals surface area contributed by atoms with Crippen LogP contribution in [0.4, 0.5) is 17.1 Å². The quantitative estimate of drug-likeness (QED) is 0.715. The van der Waals surface area contributed by atoms with Crippen molar-refractivity contribution in [2.45, 2.75) is 4.90 Å². The molecule has 6 nitrogen and oxygen atoms in total. The Bertz CT molecular complexity index is 778. The molecule has 2 aromatic rings. The first-order chi connectivity index (χ1) is 9.81. The molecule has 0 heterocycles. The Morgan fingerprint density at radius 2 is 1.90 bits per heavy atom. The number of rotatable bonds is 4. The van der Waals surface area contributed by atoms with Gasteiger partial charge in [0, 0.05) is 5.69 Å². The highest BCUT2D eigenvalue weighted by Crippen LogP contribution is 2.31. The molecular formula is C13H14BrN3O3S. The van der Waals surface area contributed by atoms with Crippen LogP contribution in [0.5, 0.6) is 5.75 Å². The first-order valence-electron chi connectivity index (χ1n) is 5.84. The molecule has 5 N–H and O–H groups in total. The lowest BCUT2D eigenvalue weighted by Gasteiger charge is -2.12. The van der Waals surface area contributed by atoms with Crippen LogP contribution in [0, 0.1) is 0 Å². The van der Waals surface area contributed by atoms with Crippen LogP contribution in [0.1, 0.15) is 0 Å². The fourth-order valence-corrected chi connectivity index (χ4v) is 2.82. The van der Waals surface area contributed by atoms with Crippen molar-refractivity contribution in [3.63, 3.8) is 0 Å². The SMILES string of the molecule is COc1ccc(Nc2ccc(S(N)(=O)=O)cc2N)cc1Br. The van der Waals surface area contributed by atoms with Crippen molar-refractivity contribution in [2.75, 3.05) is 18.2 Å². The maximum atomic E-state index is 11.3. The summed E-state index contributed by atoms with van der Waals surface area (Å²) in [4.78, 5) is -0.0264. The lowest BCUT2D eigenvalue weighted by atomic mass is 10.2. The molecule has 0 radical (unpaired) electrons. The number of methoxy groups -OCH3 is 1. The van der Waals surface area contributed by atoms with Gasteiger partial charge in [0.05, 0.1) is 27.9 Å². The van der Waals surface area contributed by atoms with Gasteiger partial charge in [-0.2, -0.15) is 0 Å². The van der Waals surface area contributed by atoms with E-state index in [-0.39, 0.29) is 10.6 Å². The Hall–Kier alpha value is -1.77. The third-order valence-electron chi connectivity index (χ3n) is 2.78. The highest BCUT2D eigenvalue weighted by atomic mass is 79.9. The molecule has 0 aromatic heterocycles. The standard InChI is InChI=1S/C13H14BrN3O3S/c1-20-13-5-2-8(6-10(13)14)17-12-4-3-9(7-11(12)15)21(16,18)19/h2-7,17H,15H2,1H3,(H2,16,18,19). The van der Waals surface area contributed by atoms with Crippen molar-refractivity contribution in [3.05, 3.63) is 40.9 Å². The number of hydrogen-bond donors (Lipinski definition) is 3. The molecule has 0 bridgehead atoms. The molecule has 0 unspecified atom stereocenters. The van der Waals surface area contributed by atoms with Crippen LogP contribution in [0.2, 0.25) is 0 Å². The van der Waals surface area contributed by atoms with Crippen LogP contribution in [0.25, 0.3) is 0 Å². The number of primary sulfonamides is 1. The molecule has 8 heteroatoms. The maximum Gasteiger partial charge on any atom is 0.238 e. The highest BCUT2D eigenvalue weighted by Gasteiger charge is 2.10. The van der Waals surface area contributed by atoms with Crippen LogP contribution < -0.4 is 20.9 Å². The lowest BCUT2D eigenvalue weighted by Crippen LogP contribution is -2.12. The minimum absolute atomic E-state index is 0.0264. The van der Waals surface area contributed by atoms with Gasteiger partial charge in [-0.15, -0.1) is 0 Å². The van der Waals surface area contributed by atoms with Gasteiger partial charge in [-0.05, 0) is 52.3 Å². The molecule has 112 valence electrons. The smallest absolute Gasteiger partial charge is 0.238 e. The first-order valence-corrected chi connectivity index (χ1v) is 8.18. The number of hydrogen-bond acceptors (Lipinski definition) is 5. The van der Waals surface area contributed by atoms with Gasteiger partial charge in [-0.3, -0.25) is 0 Å². The summed E-state index contributed by atoms with van der Waals surface area (Å²) in [6.45, 7) is 0. The minimum Gasteiger partial charge on any atom is -0.496 e. The minimum atomic E-state index is -3.76. The molecule has 2 aromatic carbocycles. The van der Waals surface area contributed by atoms with Crippen molar-refractivity contribution in [1.29, 1.82) is 0 Å². The predicted octanol–water partition coefficient (Wildman–Crippen LogP) is 2.43. The van der Waals surface area contributed by atoms with E-state index in [1.807, 2.05) is 12.1 Å². The molecule has 0 aliphatic heterocycles. The van der Waals surface area contributed by atoms with Crippen LogP contribution in [-0.2, 0) is 10.0 Å². The number of nitrogens with two attached hydrogens (primary N) is 2. The summed E-state index contributed by atoms with van der Waals surface area (Å²) < 4.78 is 28.4. The molecule has 0 saturated heterocycles.